The summed E-state index contributed by atoms with van der Waals surface area (Å²) in [6.45, 7) is 2.96. The van der Waals surface area contributed by atoms with Crippen LogP contribution < -0.4 is 16.2 Å². The number of methoxy groups -OCH3 is 1. The van der Waals surface area contributed by atoms with E-state index in [9.17, 15) is 9.59 Å². The topological polar surface area (TPSA) is 113 Å². The zero-order chi connectivity index (χ0) is 18.7. The molecule has 2 aromatic heterocycles. The van der Waals surface area contributed by atoms with Crippen molar-refractivity contribution in [2.24, 2.45) is 0 Å². The average Bonchev–Trinajstić information content (AvgIpc) is 3.10. The van der Waals surface area contributed by atoms with E-state index in [2.05, 4.69) is 37.4 Å². The fourth-order valence-electron chi connectivity index (χ4n) is 2.54. The first-order valence-electron chi connectivity index (χ1n) is 8.21. The average molecular weight is 356 g/mol. The van der Waals surface area contributed by atoms with Crippen LogP contribution in [0.3, 0.4) is 0 Å². The van der Waals surface area contributed by atoms with E-state index in [0.29, 0.717) is 5.69 Å². The van der Waals surface area contributed by atoms with Crippen LogP contribution in [0.1, 0.15) is 24.0 Å². The van der Waals surface area contributed by atoms with Gasteiger partial charge in [0.15, 0.2) is 0 Å². The summed E-state index contributed by atoms with van der Waals surface area (Å²) < 4.78 is 5.71. The van der Waals surface area contributed by atoms with Crippen LogP contribution in [0.5, 0.6) is 0 Å². The number of H-pyrrole nitrogens is 1. The molecule has 0 bridgehead atoms. The van der Waals surface area contributed by atoms with Crippen molar-refractivity contribution >= 4 is 23.1 Å². The van der Waals surface area contributed by atoms with Crippen LogP contribution in [-0.4, -0.2) is 46.3 Å². The highest BCUT2D eigenvalue weighted by molar-refractivity contribution is 5.85. The van der Waals surface area contributed by atoms with E-state index in [0.717, 1.165) is 34.4 Å². The molecule has 9 nitrogen and oxygen atoms in total. The van der Waals surface area contributed by atoms with Crippen molar-refractivity contribution < 1.29 is 9.53 Å². The Kier molecular flexibility index (Phi) is 4.87. The summed E-state index contributed by atoms with van der Waals surface area (Å²) in [7, 11) is 3.07. The second-order valence-corrected chi connectivity index (χ2v) is 5.62. The maximum atomic E-state index is 12.3. The molecule has 0 amide bonds. The predicted molar refractivity (Wildman–Crippen MR) is 98.7 cm³/mol. The lowest BCUT2D eigenvalue weighted by Crippen LogP contribution is -2.15. The van der Waals surface area contributed by atoms with Crippen LogP contribution in [0.4, 0.5) is 11.4 Å². The Morgan fingerprint density at radius 3 is 2.77 bits per heavy atom. The van der Waals surface area contributed by atoms with Gasteiger partial charge < -0.3 is 15.4 Å². The summed E-state index contributed by atoms with van der Waals surface area (Å²) in [4.78, 5) is 32.3. The van der Waals surface area contributed by atoms with Gasteiger partial charge in [-0.25, -0.2) is 9.78 Å². The molecular formula is C17H20N6O3. The molecule has 0 aliphatic carbocycles. The lowest BCUT2D eigenvalue weighted by molar-refractivity contribution is 0.0587. The smallest absolute Gasteiger partial charge is 0.375 e. The first kappa shape index (κ1) is 17.5. The molecule has 26 heavy (non-hydrogen) atoms. The molecule has 0 saturated heterocycles. The zero-order valence-electron chi connectivity index (χ0n) is 14.8. The number of hydrogen-bond donors (Lipinski definition) is 3. The Bertz CT molecular complexity index is 1010. The highest BCUT2D eigenvalue weighted by atomic mass is 16.5. The van der Waals surface area contributed by atoms with Gasteiger partial charge in [-0.1, -0.05) is 13.0 Å². The molecule has 9 heteroatoms. The summed E-state index contributed by atoms with van der Waals surface area (Å²) in [6.07, 6.45) is 1.02. The second-order valence-electron chi connectivity index (χ2n) is 5.62. The third-order valence-corrected chi connectivity index (χ3v) is 3.86. The highest BCUT2D eigenvalue weighted by Crippen LogP contribution is 2.27. The molecular weight excluding hydrogens is 336 g/mol. The molecule has 3 aromatic rings. The van der Waals surface area contributed by atoms with Crippen LogP contribution in [0.25, 0.3) is 17.0 Å². The SMILES string of the molecule is CCCNc1ccc(-c2cc(=O)n3[nH]c(C(=O)OC)nc3n2)cc1NC. The molecule has 0 spiro atoms. The van der Waals surface area contributed by atoms with E-state index in [-0.39, 0.29) is 17.2 Å². The van der Waals surface area contributed by atoms with Gasteiger partial charge in [0.1, 0.15) is 0 Å². The summed E-state index contributed by atoms with van der Waals surface area (Å²) in [5.41, 5.74) is 2.74. The van der Waals surface area contributed by atoms with Crippen LogP contribution in [0.15, 0.2) is 29.1 Å². The summed E-state index contributed by atoms with van der Waals surface area (Å²) in [5, 5.41) is 9.06. The number of aromatic amines is 1. The number of fused-ring (bicyclic) bond motifs is 1. The number of aromatic nitrogens is 4. The van der Waals surface area contributed by atoms with Gasteiger partial charge in [-0.15, -0.1) is 0 Å². The largest absolute Gasteiger partial charge is 0.463 e. The highest BCUT2D eigenvalue weighted by Gasteiger charge is 2.15. The number of ether oxygens (including phenoxy) is 1. The maximum Gasteiger partial charge on any atom is 0.375 e. The minimum absolute atomic E-state index is 0.0794. The van der Waals surface area contributed by atoms with E-state index in [1.807, 2.05) is 25.2 Å². The minimum atomic E-state index is -0.666. The Morgan fingerprint density at radius 2 is 2.08 bits per heavy atom. The number of nitrogens with zero attached hydrogens (tertiary/aromatic N) is 3. The minimum Gasteiger partial charge on any atom is -0.463 e. The van der Waals surface area contributed by atoms with Gasteiger partial charge in [0.05, 0.1) is 24.2 Å². The first-order chi connectivity index (χ1) is 12.6. The van der Waals surface area contributed by atoms with E-state index >= 15 is 0 Å². The van der Waals surface area contributed by atoms with Crippen molar-refractivity contribution in [2.75, 3.05) is 31.3 Å². The molecule has 0 atom stereocenters. The van der Waals surface area contributed by atoms with E-state index in [1.165, 1.54) is 13.2 Å². The molecule has 0 fully saturated rings. The third-order valence-electron chi connectivity index (χ3n) is 3.86. The third kappa shape index (κ3) is 3.23. The van der Waals surface area contributed by atoms with Crippen molar-refractivity contribution in [1.29, 1.82) is 0 Å². The molecule has 3 rings (SSSR count). The van der Waals surface area contributed by atoms with E-state index in [1.54, 1.807) is 0 Å². The predicted octanol–water partition coefficient (Wildman–Crippen LogP) is 1.73. The summed E-state index contributed by atoms with van der Waals surface area (Å²) >= 11 is 0. The second kappa shape index (κ2) is 7.26. The van der Waals surface area contributed by atoms with E-state index in [4.69, 9.17) is 0 Å². The standard InChI is InChI=1S/C17H20N6O3/c1-4-7-19-11-6-5-10(8-13(11)18-2)12-9-14(24)23-17(20-12)21-15(22-23)16(25)26-3/h5-6,8-9,18-19H,4,7H2,1-3H3,(H,20,21,22). The number of anilines is 2. The molecule has 2 heterocycles. The Labute approximate surface area is 149 Å². The van der Waals surface area contributed by atoms with Crippen molar-refractivity contribution in [1.82, 2.24) is 19.6 Å². The van der Waals surface area contributed by atoms with Crippen LogP contribution in [-0.2, 0) is 4.74 Å². The number of rotatable bonds is 6. The number of nitrogens with one attached hydrogen (secondary N) is 3. The van der Waals surface area contributed by atoms with Gasteiger partial charge in [0.2, 0.25) is 5.82 Å². The maximum absolute atomic E-state index is 12.3. The fraction of sp³-hybridized carbons (Fsp3) is 0.294. The number of benzene rings is 1. The zero-order valence-corrected chi connectivity index (χ0v) is 14.8. The molecule has 0 aliphatic rings. The van der Waals surface area contributed by atoms with E-state index < -0.39 is 5.97 Å². The van der Waals surface area contributed by atoms with Crippen molar-refractivity contribution in [3.05, 3.63) is 40.4 Å². The number of hydrogen-bond acceptors (Lipinski definition) is 7. The van der Waals surface area contributed by atoms with Gasteiger partial charge >= 0.3 is 5.97 Å². The van der Waals surface area contributed by atoms with Gasteiger partial charge in [-0.05, 0) is 18.6 Å². The quantitative estimate of drug-likeness (QED) is 0.576. The monoisotopic (exact) mass is 356 g/mol. The van der Waals surface area contributed by atoms with Crippen molar-refractivity contribution in [3.63, 3.8) is 0 Å². The Balaban J connectivity index is 2.04. The van der Waals surface area contributed by atoms with Gasteiger partial charge in [0.25, 0.3) is 11.3 Å². The molecule has 0 aliphatic heterocycles. The normalized spacial score (nSPS) is 10.7. The summed E-state index contributed by atoms with van der Waals surface area (Å²) in [5.74, 6) is -0.642. The molecule has 0 radical (unpaired) electrons. The number of carbonyl (C=O) groups is 1. The van der Waals surface area contributed by atoms with Crippen LogP contribution >= 0.6 is 0 Å². The first-order valence-corrected chi connectivity index (χ1v) is 8.21. The molecule has 0 unspecified atom stereocenters. The number of carbonyl (C=O) groups excluding carboxylic acids is 1. The lowest BCUT2D eigenvalue weighted by atomic mass is 10.1. The van der Waals surface area contributed by atoms with Crippen LogP contribution in [0.2, 0.25) is 0 Å². The Morgan fingerprint density at radius 1 is 1.27 bits per heavy atom. The van der Waals surface area contributed by atoms with Gasteiger partial charge in [-0.3, -0.25) is 9.89 Å². The molecule has 0 saturated carbocycles. The van der Waals surface area contributed by atoms with Gasteiger partial charge in [-0.2, -0.15) is 9.50 Å². The van der Waals surface area contributed by atoms with Crippen molar-refractivity contribution in [3.8, 4) is 11.3 Å². The Hall–Kier alpha value is -3.36. The summed E-state index contributed by atoms with van der Waals surface area (Å²) in [6, 6.07) is 7.11. The molecule has 1 aromatic carbocycles. The fourth-order valence-corrected chi connectivity index (χ4v) is 2.54. The lowest BCUT2D eigenvalue weighted by Gasteiger charge is -2.12. The molecule has 136 valence electrons. The van der Waals surface area contributed by atoms with Crippen molar-refractivity contribution in [2.45, 2.75) is 13.3 Å². The van der Waals surface area contributed by atoms with Gasteiger partial charge in [0, 0.05) is 25.2 Å². The number of esters is 1. The van der Waals surface area contributed by atoms with Crippen LogP contribution in [0, 0.1) is 0 Å². The molecule has 3 N–H and O–H groups in total.